The van der Waals surface area contributed by atoms with E-state index in [-0.39, 0.29) is 29.7 Å². The van der Waals surface area contributed by atoms with Crippen molar-refractivity contribution in [1.82, 2.24) is 4.90 Å². The first kappa shape index (κ1) is 14.7. The summed E-state index contributed by atoms with van der Waals surface area (Å²) in [7, 11) is 1.38. The maximum absolute atomic E-state index is 12.4. The van der Waals surface area contributed by atoms with E-state index in [0.717, 1.165) is 4.90 Å². The number of carbonyl (C=O) groups is 4. The molecular weight excluding hydrogens is 276 g/mol. The summed E-state index contributed by atoms with van der Waals surface area (Å²) in [5, 5.41) is 0. The molecule has 1 heterocycles. The number of amides is 3. The summed E-state index contributed by atoms with van der Waals surface area (Å²) in [6.45, 7) is 0. The molecule has 0 spiro atoms. The van der Waals surface area contributed by atoms with E-state index < -0.39 is 23.8 Å². The van der Waals surface area contributed by atoms with Crippen LogP contribution in [0.15, 0.2) is 18.2 Å². The Morgan fingerprint density at radius 2 is 2.10 bits per heavy atom. The van der Waals surface area contributed by atoms with Crippen LogP contribution >= 0.6 is 0 Å². The summed E-state index contributed by atoms with van der Waals surface area (Å²) in [6.07, 6.45) is 0.638. The van der Waals surface area contributed by atoms with Gasteiger partial charge < -0.3 is 15.3 Å². The molecule has 0 radical (unpaired) electrons. The predicted octanol–water partition coefficient (Wildman–Crippen LogP) is 0.124. The molecule has 2 rings (SSSR count). The average molecular weight is 290 g/mol. The van der Waals surface area contributed by atoms with Gasteiger partial charge in [-0.1, -0.05) is 6.07 Å². The molecule has 7 nitrogen and oxygen atoms in total. The molecule has 0 saturated carbocycles. The molecule has 1 aromatic carbocycles. The number of hydrogen-bond donors (Lipinski definition) is 1. The number of primary amides is 1. The van der Waals surface area contributed by atoms with Gasteiger partial charge in [-0.3, -0.25) is 19.3 Å². The highest BCUT2D eigenvalue weighted by Gasteiger charge is 2.43. The van der Waals surface area contributed by atoms with Crippen LogP contribution in [0.1, 0.15) is 33.6 Å². The quantitative estimate of drug-likeness (QED) is 0.591. The molecule has 7 heteroatoms. The Balaban J connectivity index is 2.44. The minimum absolute atomic E-state index is 0.00656. The maximum Gasteiger partial charge on any atom is 0.266 e. The molecule has 1 atom stereocenters. The zero-order chi connectivity index (χ0) is 15.6. The van der Waals surface area contributed by atoms with Gasteiger partial charge in [-0.2, -0.15) is 0 Å². The van der Waals surface area contributed by atoms with Crippen molar-refractivity contribution in [1.29, 1.82) is 0 Å². The second kappa shape index (κ2) is 5.74. The summed E-state index contributed by atoms with van der Waals surface area (Å²) in [5.74, 6) is -1.82. The number of hydrogen-bond acceptors (Lipinski definition) is 5. The molecule has 0 fully saturated rings. The van der Waals surface area contributed by atoms with Crippen molar-refractivity contribution < 1.29 is 23.9 Å². The third kappa shape index (κ3) is 2.37. The number of benzene rings is 1. The molecule has 1 aliphatic heterocycles. The van der Waals surface area contributed by atoms with Crippen LogP contribution in [-0.2, 0) is 9.59 Å². The van der Waals surface area contributed by atoms with Gasteiger partial charge in [0.1, 0.15) is 18.1 Å². The van der Waals surface area contributed by atoms with Crippen LogP contribution in [0.25, 0.3) is 0 Å². The Morgan fingerprint density at radius 1 is 1.38 bits per heavy atom. The normalized spacial score (nSPS) is 14.8. The highest BCUT2D eigenvalue weighted by atomic mass is 16.5. The molecule has 0 aromatic heterocycles. The van der Waals surface area contributed by atoms with E-state index in [9.17, 15) is 19.2 Å². The number of methoxy groups -OCH3 is 1. The lowest BCUT2D eigenvalue weighted by Crippen LogP contribution is -2.47. The molecule has 1 aliphatic rings. The molecule has 2 N–H and O–H groups in total. The molecule has 3 amide bonds. The van der Waals surface area contributed by atoms with Gasteiger partial charge in [-0.25, -0.2) is 0 Å². The van der Waals surface area contributed by atoms with Crippen LogP contribution in [0.5, 0.6) is 5.75 Å². The highest BCUT2D eigenvalue weighted by Crippen LogP contribution is 2.32. The minimum atomic E-state index is -1.15. The number of carbonyl (C=O) groups excluding carboxylic acids is 4. The van der Waals surface area contributed by atoms with Crippen molar-refractivity contribution in [3.63, 3.8) is 0 Å². The molecule has 1 aromatic rings. The van der Waals surface area contributed by atoms with E-state index in [2.05, 4.69) is 0 Å². The minimum Gasteiger partial charge on any atom is -0.496 e. The van der Waals surface area contributed by atoms with Gasteiger partial charge in [0, 0.05) is 6.42 Å². The monoisotopic (exact) mass is 290 g/mol. The van der Waals surface area contributed by atoms with Crippen molar-refractivity contribution in [3.05, 3.63) is 29.3 Å². The highest BCUT2D eigenvalue weighted by molar-refractivity contribution is 6.24. The van der Waals surface area contributed by atoms with Gasteiger partial charge >= 0.3 is 0 Å². The Morgan fingerprint density at radius 3 is 2.67 bits per heavy atom. The number of rotatable bonds is 6. The fourth-order valence-corrected chi connectivity index (χ4v) is 2.35. The number of nitrogens with zero attached hydrogens (tertiary/aromatic N) is 1. The van der Waals surface area contributed by atoms with Crippen molar-refractivity contribution in [2.75, 3.05) is 7.11 Å². The summed E-state index contributed by atoms with van der Waals surface area (Å²) in [5.41, 5.74) is 5.53. The van der Waals surface area contributed by atoms with Crippen LogP contribution in [-0.4, -0.2) is 42.1 Å². The van der Waals surface area contributed by atoms with Gasteiger partial charge in [0.15, 0.2) is 0 Å². The lowest BCUT2D eigenvalue weighted by molar-refractivity contribution is -0.122. The summed E-state index contributed by atoms with van der Waals surface area (Å²) < 4.78 is 5.07. The fraction of sp³-hybridized carbons (Fsp3) is 0.286. The number of fused-ring (bicyclic) bond motifs is 1. The zero-order valence-corrected chi connectivity index (χ0v) is 11.4. The van der Waals surface area contributed by atoms with E-state index >= 15 is 0 Å². The Bertz CT molecular complexity index is 626. The lowest BCUT2D eigenvalue weighted by atomic mass is 10.1. The van der Waals surface area contributed by atoms with Gasteiger partial charge in [-0.15, -0.1) is 0 Å². The van der Waals surface area contributed by atoms with Crippen LogP contribution in [0, 0.1) is 0 Å². The Kier molecular flexibility index (Phi) is 4.02. The second-order valence-corrected chi connectivity index (χ2v) is 4.53. The smallest absolute Gasteiger partial charge is 0.266 e. The van der Waals surface area contributed by atoms with Gasteiger partial charge in [0.25, 0.3) is 11.8 Å². The topological polar surface area (TPSA) is 107 Å². The van der Waals surface area contributed by atoms with E-state index in [1.54, 1.807) is 12.1 Å². The predicted molar refractivity (Wildman–Crippen MR) is 71.8 cm³/mol. The number of aldehydes is 1. The molecular formula is C14H14N2O5. The molecule has 0 saturated heterocycles. The average Bonchev–Trinajstić information content (AvgIpc) is 2.72. The van der Waals surface area contributed by atoms with Gasteiger partial charge in [-0.05, 0) is 18.6 Å². The molecule has 1 unspecified atom stereocenters. The van der Waals surface area contributed by atoms with Crippen molar-refractivity contribution in [3.8, 4) is 5.75 Å². The molecule has 0 aliphatic carbocycles. The Labute approximate surface area is 120 Å². The molecule has 110 valence electrons. The van der Waals surface area contributed by atoms with Crippen molar-refractivity contribution >= 4 is 24.0 Å². The van der Waals surface area contributed by atoms with Crippen molar-refractivity contribution in [2.24, 2.45) is 5.73 Å². The Hall–Kier alpha value is -2.70. The lowest BCUT2D eigenvalue weighted by Gasteiger charge is -2.22. The van der Waals surface area contributed by atoms with Crippen LogP contribution in [0.3, 0.4) is 0 Å². The maximum atomic E-state index is 12.4. The number of imide groups is 1. The largest absolute Gasteiger partial charge is 0.496 e. The third-order valence-electron chi connectivity index (χ3n) is 3.33. The van der Waals surface area contributed by atoms with Gasteiger partial charge in [0.2, 0.25) is 5.91 Å². The molecule has 21 heavy (non-hydrogen) atoms. The summed E-state index contributed by atoms with van der Waals surface area (Å²) >= 11 is 0. The number of nitrogens with two attached hydrogens (primary N) is 1. The van der Waals surface area contributed by atoms with E-state index in [4.69, 9.17) is 10.5 Å². The number of ether oxygens (including phenoxy) is 1. The second-order valence-electron chi connectivity index (χ2n) is 4.53. The fourth-order valence-electron chi connectivity index (χ4n) is 2.35. The van der Waals surface area contributed by atoms with Crippen molar-refractivity contribution in [2.45, 2.75) is 18.9 Å². The summed E-state index contributed by atoms with van der Waals surface area (Å²) in [6, 6.07) is 3.47. The van der Waals surface area contributed by atoms with Crippen LogP contribution in [0.2, 0.25) is 0 Å². The standard InChI is InChI=1S/C14H14N2O5/c1-21-10-6-2-4-8-11(10)14(20)16(13(8)19)9(12(15)18)5-3-7-17/h2,4,6-7,9H,3,5H2,1H3,(H2,15,18). The van der Waals surface area contributed by atoms with E-state index in [1.807, 2.05) is 0 Å². The van der Waals surface area contributed by atoms with Crippen LogP contribution < -0.4 is 10.5 Å². The van der Waals surface area contributed by atoms with Gasteiger partial charge in [0.05, 0.1) is 18.2 Å². The molecule has 0 bridgehead atoms. The van der Waals surface area contributed by atoms with E-state index in [1.165, 1.54) is 13.2 Å². The first-order valence-electron chi connectivity index (χ1n) is 6.30. The van der Waals surface area contributed by atoms with E-state index in [0.29, 0.717) is 6.29 Å². The SMILES string of the molecule is COc1cccc2c1C(=O)N(C(CCC=O)C(N)=O)C2=O. The third-order valence-corrected chi connectivity index (χ3v) is 3.33. The van der Waals surface area contributed by atoms with Crippen LogP contribution in [0.4, 0.5) is 0 Å². The first-order valence-corrected chi connectivity index (χ1v) is 6.30. The summed E-state index contributed by atoms with van der Waals surface area (Å²) in [4.78, 5) is 47.6. The first-order chi connectivity index (χ1) is 10.0. The zero-order valence-electron chi connectivity index (χ0n) is 11.4.